The first-order chi connectivity index (χ1) is 17.3. The number of fused-ring (bicyclic) bond motifs is 2. The lowest BCUT2D eigenvalue weighted by Gasteiger charge is -2.24. The number of nitrogens with zero attached hydrogens (tertiary/aromatic N) is 2. The largest absolute Gasteiger partial charge is 0.503 e. The van der Waals surface area contributed by atoms with Crippen molar-refractivity contribution in [1.29, 1.82) is 0 Å². The summed E-state index contributed by atoms with van der Waals surface area (Å²) < 4.78 is 6.65. The Labute approximate surface area is 219 Å². The second-order valence-corrected chi connectivity index (χ2v) is 10.3. The number of carbonyl (C=O) groups is 2. The molecule has 3 heterocycles. The first kappa shape index (κ1) is 22.8. The fourth-order valence-corrected chi connectivity index (χ4v) is 5.78. The Morgan fingerprint density at radius 3 is 2.64 bits per heavy atom. The third-order valence-corrected chi connectivity index (χ3v) is 7.86. The summed E-state index contributed by atoms with van der Waals surface area (Å²) in [6, 6.07) is 18.4. The summed E-state index contributed by atoms with van der Waals surface area (Å²) in [5.41, 5.74) is 2.66. The van der Waals surface area contributed by atoms with E-state index in [1.165, 1.54) is 16.2 Å². The van der Waals surface area contributed by atoms with Crippen molar-refractivity contribution in [2.24, 2.45) is 0 Å². The van der Waals surface area contributed by atoms with Crippen molar-refractivity contribution >= 4 is 72.5 Å². The van der Waals surface area contributed by atoms with Crippen LogP contribution in [0.4, 0.5) is 5.13 Å². The molecule has 3 aromatic carbocycles. The smallest absolute Gasteiger partial charge is 0.296 e. The molecule has 178 valence electrons. The minimum atomic E-state index is -0.991. The van der Waals surface area contributed by atoms with Crippen molar-refractivity contribution in [2.45, 2.75) is 13.0 Å². The molecule has 0 unspecified atom stereocenters. The van der Waals surface area contributed by atoms with E-state index in [1.807, 2.05) is 37.3 Å². The molecular formula is C27H16Cl2N2O4S. The van der Waals surface area contributed by atoms with Gasteiger partial charge in [-0.1, -0.05) is 64.9 Å². The number of aliphatic hydroxyl groups is 1. The summed E-state index contributed by atoms with van der Waals surface area (Å²) in [4.78, 5) is 33.1. The number of carbonyl (C=O) groups excluding carboxylic acids is 2. The van der Waals surface area contributed by atoms with E-state index in [0.717, 1.165) is 15.6 Å². The maximum absolute atomic E-state index is 13.7. The molecule has 2 aromatic heterocycles. The summed E-state index contributed by atoms with van der Waals surface area (Å²) in [7, 11) is 0. The zero-order chi connectivity index (χ0) is 25.1. The van der Waals surface area contributed by atoms with Crippen LogP contribution in [0.1, 0.15) is 27.7 Å². The van der Waals surface area contributed by atoms with Crippen LogP contribution in [-0.2, 0) is 4.79 Å². The van der Waals surface area contributed by atoms with Gasteiger partial charge in [0.25, 0.3) is 5.91 Å². The molecular weight excluding hydrogens is 519 g/mol. The number of amides is 1. The molecule has 0 saturated carbocycles. The molecule has 0 spiro atoms. The van der Waals surface area contributed by atoms with Gasteiger partial charge in [0.15, 0.2) is 16.7 Å². The number of aromatic nitrogens is 1. The van der Waals surface area contributed by atoms with Gasteiger partial charge >= 0.3 is 0 Å². The van der Waals surface area contributed by atoms with Gasteiger partial charge in [-0.25, -0.2) is 4.98 Å². The lowest BCUT2D eigenvalue weighted by atomic mass is 9.95. The van der Waals surface area contributed by atoms with Gasteiger partial charge in [-0.05, 0) is 54.4 Å². The zero-order valence-electron chi connectivity index (χ0n) is 18.7. The number of aliphatic hydroxyl groups excluding tert-OH is 1. The maximum Gasteiger partial charge on any atom is 0.296 e. The van der Waals surface area contributed by atoms with E-state index < -0.39 is 23.5 Å². The summed E-state index contributed by atoms with van der Waals surface area (Å²) in [5.74, 6) is -1.99. The molecule has 1 N–H and O–H groups in total. The third kappa shape index (κ3) is 3.59. The van der Waals surface area contributed by atoms with Crippen LogP contribution >= 0.6 is 34.5 Å². The van der Waals surface area contributed by atoms with Gasteiger partial charge in [0.1, 0.15) is 5.58 Å². The van der Waals surface area contributed by atoms with Crippen molar-refractivity contribution < 1.29 is 19.1 Å². The number of hydrogen-bond donors (Lipinski definition) is 1. The molecule has 0 aliphatic carbocycles. The number of hydrogen-bond acceptors (Lipinski definition) is 6. The van der Waals surface area contributed by atoms with Crippen LogP contribution in [-0.4, -0.2) is 21.8 Å². The number of benzene rings is 3. The molecule has 1 amide bonds. The minimum absolute atomic E-state index is 0.0115. The highest BCUT2D eigenvalue weighted by molar-refractivity contribution is 7.22. The highest BCUT2D eigenvalue weighted by atomic mass is 35.5. The molecule has 1 aliphatic heterocycles. The fraction of sp³-hybridized carbons (Fsp3) is 0.0741. The van der Waals surface area contributed by atoms with Gasteiger partial charge in [-0.3, -0.25) is 14.5 Å². The number of furan rings is 1. The summed E-state index contributed by atoms with van der Waals surface area (Å²) in [6.07, 6.45) is 0. The molecule has 0 radical (unpaired) electrons. The Morgan fingerprint density at radius 2 is 1.86 bits per heavy atom. The molecule has 0 bridgehead atoms. The summed E-state index contributed by atoms with van der Waals surface area (Å²) >= 11 is 13.7. The Kier molecular flexibility index (Phi) is 5.37. The summed E-state index contributed by atoms with van der Waals surface area (Å²) in [5, 5.41) is 12.7. The average molecular weight is 535 g/mol. The molecule has 9 heteroatoms. The lowest BCUT2D eigenvalue weighted by Crippen LogP contribution is -2.31. The molecule has 5 aromatic rings. The van der Waals surface area contributed by atoms with Crippen LogP contribution in [0, 0.1) is 6.92 Å². The topological polar surface area (TPSA) is 83.6 Å². The zero-order valence-corrected chi connectivity index (χ0v) is 21.0. The average Bonchev–Trinajstić information content (AvgIpc) is 3.54. The number of halogens is 2. The van der Waals surface area contributed by atoms with E-state index in [0.29, 0.717) is 26.8 Å². The second kappa shape index (κ2) is 8.48. The lowest BCUT2D eigenvalue weighted by molar-refractivity contribution is -0.117. The highest BCUT2D eigenvalue weighted by Gasteiger charge is 2.46. The van der Waals surface area contributed by atoms with E-state index >= 15 is 0 Å². The number of anilines is 1. The van der Waals surface area contributed by atoms with E-state index in [1.54, 1.807) is 36.4 Å². The Bertz CT molecular complexity index is 1720. The Hall–Kier alpha value is -3.65. The van der Waals surface area contributed by atoms with Crippen LogP contribution in [0.15, 0.2) is 82.5 Å². The Balaban J connectivity index is 1.53. The van der Waals surface area contributed by atoms with Gasteiger partial charge in [-0.15, -0.1) is 0 Å². The molecule has 6 rings (SSSR count). The molecule has 1 atom stereocenters. The van der Waals surface area contributed by atoms with Gasteiger partial charge in [0.2, 0.25) is 5.78 Å². The number of ketones is 1. The first-order valence-corrected chi connectivity index (χ1v) is 12.5. The van der Waals surface area contributed by atoms with E-state index in [9.17, 15) is 14.7 Å². The predicted octanol–water partition coefficient (Wildman–Crippen LogP) is 7.44. The molecule has 1 aliphatic rings. The quantitative estimate of drug-likeness (QED) is 0.242. The van der Waals surface area contributed by atoms with Gasteiger partial charge in [0, 0.05) is 5.39 Å². The van der Waals surface area contributed by atoms with E-state index in [4.69, 9.17) is 27.6 Å². The number of aryl methyl sites for hydroxylation is 1. The summed E-state index contributed by atoms with van der Waals surface area (Å²) in [6.45, 7) is 1.97. The standard InChI is InChI=1S/C27H16Cl2N2O4S/c1-13-6-9-18-21(10-13)36-27(30-18)31-23(15-7-8-16(28)17(29)11-15)22(25(33)26(31)34)24(32)20-12-14-4-2-3-5-19(14)35-20/h2-12,23,33H,1H3/t23-/m0/s1. The van der Waals surface area contributed by atoms with E-state index in [2.05, 4.69) is 4.98 Å². The predicted molar refractivity (Wildman–Crippen MR) is 141 cm³/mol. The third-order valence-electron chi connectivity index (χ3n) is 6.10. The number of thiazole rings is 1. The monoisotopic (exact) mass is 534 g/mol. The van der Waals surface area contributed by atoms with E-state index in [-0.39, 0.29) is 16.4 Å². The fourth-order valence-electron chi connectivity index (χ4n) is 4.38. The first-order valence-electron chi connectivity index (χ1n) is 10.9. The number of rotatable bonds is 4. The van der Waals surface area contributed by atoms with Gasteiger partial charge in [-0.2, -0.15) is 0 Å². The van der Waals surface area contributed by atoms with Crippen LogP contribution < -0.4 is 4.90 Å². The van der Waals surface area contributed by atoms with Gasteiger partial charge < -0.3 is 9.52 Å². The molecule has 0 saturated heterocycles. The normalized spacial score (nSPS) is 16.0. The Morgan fingerprint density at radius 1 is 1.06 bits per heavy atom. The SMILES string of the molecule is Cc1ccc2nc(N3C(=O)C(O)=C(C(=O)c4cc5ccccc5o4)[C@@H]3c3ccc(Cl)c(Cl)c3)sc2c1. The minimum Gasteiger partial charge on any atom is -0.503 e. The van der Waals surface area contributed by atoms with Crippen molar-refractivity contribution in [3.63, 3.8) is 0 Å². The van der Waals surface area contributed by atoms with Crippen molar-refractivity contribution in [1.82, 2.24) is 4.98 Å². The van der Waals surface area contributed by atoms with Crippen LogP contribution in [0.3, 0.4) is 0 Å². The van der Waals surface area contributed by atoms with Crippen molar-refractivity contribution in [3.05, 3.63) is 105 Å². The molecule has 36 heavy (non-hydrogen) atoms. The highest BCUT2D eigenvalue weighted by Crippen LogP contribution is 2.45. The van der Waals surface area contributed by atoms with Crippen LogP contribution in [0.2, 0.25) is 10.0 Å². The maximum atomic E-state index is 13.7. The number of para-hydroxylation sites is 1. The van der Waals surface area contributed by atoms with Crippen LogP contribution in [0.5, 0.6) is 0 Å². The second-order valence-electron chi connectivity index (χ2n) is 8.46. The van der Waals surface area contributed by atoms with Crippen molar-refractivity contribution in [3.8, 4) is 0 Å². The van der Waals surface area contributed by atoms with Crippen molar-refractivity contribution in [2.75, 3.05) is 4.90 Å². The molecule has 6 nitrogen and oxygen atoms in total. The van der Waals surface area contributed by atoms with Crippen LogP contribution in [0.25, 0.3) is 21.2 Å². The van der Waals surface area contributed by atoms with Gasteiger partial charge in [0.05, 0.1) is 31.9 Å². The number of Topliss-reactive ketones (excluding diaryl/α,β-unsaturated/α-hetero) is 1. The molecule has 0 fully saturated rings.